The molecular weight excluding hydrogens is 219 g/mol. The summed E-state index contributed by atoms with van der Waals surface area (Å²) in [6, 6.07) is 6.99. The van der Waals surface area contributed by atoms with Crippen LogP contribution in [0.2, 0.25) is 0 Å². The van der Waals surface area contributed by atoms with Crippen molar-refractivity contribution in [3.05, 3.63) is 35.6 Å². The molecule has 1 unspecified atom stereocenters. The summed E-state index contributed by atoms with van der Waals surface area (Å²) in [5, 5.41) is 0. The van der Waals surface area contributed by atoms with Crippen molar-refractivity contribution in [2.45, 2.75) is 17.7 Å². The second kappa shape index (κ2) is 3.17. The lowest BCUT2D eigenvalue weighted by Gasteiger charge is -2.08. The Labute approximate surface area is 79.9 Å². The van der Waals surface area contributed by atoms with Gasteiger partial charge < -0.3 is 0 Å². The zero-order valence-electron chi connectivity index (χ0n) is 6.63. The predicted molar refractivity (Wildman–Crippen MR) is 50.8 cm³/mol. The van der Waals surface area contributed by atoms with E-state index in [1.807, 2.05) is 12.1 Å². The average Bonchev–Trinajstić information content (AvgIpc) is 2.86. The summed E-state index contributed by atoms with van der Waals surface area (Å²) in [6.07, 6.45) is 2.45. The third-order valence-corrected chi connectivity index (χ3v) is 3.48. The highest BCUT2D eigenvalue weighted by Crippen LogP contribution is 2.46. The highest BCUT2D eigenvalue weighted by Gasteiger charge is 2.31. The van der Waals surface area contributed by atoms with Gasteiger partial charge in [-0.3, -0.25) is 0 Å². The molecule has 1 aromatic rings. The molecule has 1 fully saturated rings. The Kier molecular flexibility index (Phi) is 2.18. The SMILES string of the molecule is Fc1ccccc1C(Br)C1CC1. The molecular formula is C10H10BrF. The molecule has 0 saturated heterocycles. The van der Waals surface area contributed by atoms with Gasteiger partial charge >= 0.3 is 0 Å². The van der Waals surface area contributed by atoms with Gasteiger partial charge in [-0.15, -0.1) is 0 Å². The molecule has 0 nitrogen and oxygen atoms in total. The van der Waals surface area contributed by atoms with Crippen molar-refractivity contribution in [3.8, 4) is 0 Å². The van der Waals surface area contributed by atoms with E-state index in [0.717, 1.165) is 5.56 Å². The van der Waals surface area contributed by atoms with Gasteiger partial charge in [0.15, 0.2) is 0 Å². The fraction of sp³-hybridized carbons (Fsp3) is 0.400. The van der Waals surface area contributed by atoms with Crippen LogP contribution in [-0.4, -0.2) is 0 Å². The Balaban J connectivity index is 2.25. The summed E-state index contributed by atoms with van der Waals surface area (Å²) in [5.41, 5.74) is 0.806. The Morgan fingerprint density at radius 1 is 1.33 bits per heavy atom. The molecule has 1 aliphatic rings. The normalized spacial score (nSPS) is 19.2. The molecule has 0 heterocycles. The number of rotatable bonds is 2. The van der Waals surface area contributed by atoms with Gasteiger partial charge in [-0.1, -0.05) is 34.1 Å². The summed E-state index contributed by atoms with van der Waals surface area (Å²) in [6.45, 7) is 0. The lowest BCUT2D eigenvalue weighted by atomic mass is 10.1. The lowest BCUT2D eigenvalue weighted by Crippen LogP contribution is -1.95. The molecule has 0 spiro atoms. The van der Waals surface area contributed by atoms with Crippen LogP contribution in [0.1, 0.15) is 23.2 Å². The number of halogens is 2. The first kappa shape index (κ1) is 8.24. The molecule has 1 aliphatic carbocycles. The molecule has 2 heteroatoms. The van der Waals surface area contributed by atoms with E-state index in [-0.39, 0.29) is 10.6 Å². The van der Waals surface area contributed by atoms with E-state index >= 15 is 0 Å². The topological polar surface area (TPSA) is 0 Å². The first-order chi connectivity index (χ1) is 5.79. The van der Waals surface area contributed by atoms with Gasteiger partial charge in [-0.05, 0) is 24.8 Å². The quantitative estimate of drug-likeness (QED) is 0.678. The summed E-state index contributed by atoms with van der Waals surface area (Å²) in [7, 11) is 0. The second-order valence-electron chi connectivity index (χ2n) is 3.26. The Morgan fingerprint density at radius 2 is 2.00 bits per heavy atom. The van der Waals surface area contributed by atoms with E-state index < -0.39 is 0 Å². The van der Waals surface area contributed by atoms with E-state index in [2.05, 4.69) is 15.9 Å². The molecule has 0 radical (unpaired) electrons. The molecule has 12 heavy (non-hydrogen) atoms. The summed E-state index contributed by atoms with van der Waals surface area (Å²) < 4.78 is 13.2. The molecule has 0 aromatic heterocycles. The maximum Gasteiger partial charge on any atom is 0.127 e. The molecule has 2 rings (SSSR count). The first-order valence-electron chi connectivity index (χ1n) is 4.17. The number of hydrogen-bond acceptors (Lipinski definition) is 0. The highest BCUT2D eigenvalue weighted by atomic mass is 79.9. The molecule has 0 aliphatic heterocycles. The smallest absolute Gasteiger partial charge is 0.127 e. The van der Waals surface area contributed by atoms with Gasteiger partial charge in [-0.2, -0.15) is 0 Å². The fourth-order valence-electron chi connectivity index (χ4n) is 1.34. The molecule has 64 valence electrons. The van der Waals surface area contributed by atoms with Gasteiger partial charge in [0, 0.05) is 10.4 Å². The molecule has 0 amide bonds. The van der Waals surface area contributed by atoms with E-state index in [1.165, 1.54) is 18.9 Å². The molecule has 0 N–H and O–H groups in total. The summed E-state index contributed by atoms with van der Waals surface area (Å²) in [5.74, 6) is 0.563. The van der Waals surface area contributed by atoms with Crippen LogP contribution in [0.15, 0.2) is 24.3 Å². The van der Waals surface area contributed by atoms with Crippen molar-refractivity contribution in [1.82, 2.24) is 0 Å². The minimum atomic E-state index is -0.0914. The lowest BCUT2D eigenvalue weighted by molar-refractivity contribution is 0.601. The van der Waals surface area contributed by atoms with Crippen molar-refractivity contribution >= 4 is 15.9 Å². The van der Waals surface area contributed by atoms with Crippen LogP contribution in [-0.2, 0) is 0 Å². The molecule has 1 saturated carbocycles. The largest absolute Gasteiger partial charge is 0.207 e. The zero-order valence-corrected chi connectivity index (χ0v) is 8.22. The van der Waals surface area contributed by atoms with Crippen LogP contribution in [0, 0.1) is 11.7 Å². The fourth-order valence-corrected chi connectivity index (χ4v) is 2.24. The van der Waals surface area contributed by atoms with Crippen molar-refractivity contribution in [1.29, 1.82) is 0 Å². The van der Waals surface area contributed by atoms with Crippen LogP contribution >= 0.6 is 15.9 Å². The maximum atomic E-state index is 13.2. The van der Waals surface area contributed by atoms with Crippen molar-refractivity contribution < 1.29 is 4.39 Å². The van der Waals surface area contributed by atoms with Crippen molar-refractivity contribution in [2.75, 3.05) is 0 Å². The predicted octanol–water partition coefficient (Wildman–Crippen LogP) is 3.67. The van der Waals surface area contributed by atoms with E-state index in [9.17, 15) is 4.39 Å². The van der Waals surface area contributed by atoms with Crippen molar-refractivity contribution in [2.24, 2.45) is 5.92 Å². The molecule has 1 atom stereocenters. The van der Waals surface area contributed by atoms with E-state index in [4.69, 9.17) is 0 Å². The van der Waals surface area contributed by atoms with Crippen molar-refractivity contribution in [3.63, 3.8) is 0 Å². The summed E-state index contributed by atoms with van der Waals surface area (Å²) in [4.78, 5) is 0.221. The van der Waals surface area contributed by atoms with Crippen LogP contribution in [0.5, 0.6) is 0 Å². The van der Waals surface area contributed by atoms with Gasteiger partial charge in [0.05, 0.1) is 0 Å². The third kappa shape index (κ3) is 1.53. The average molecular weight is 229 g/mol. The van der Waals surface area contributed by atoms with Crippen LogP contribution in [0.3, 0.4) is 0 Å². The van der Waals surface area contributed by atoms with Crippen LogP contribution < -0.4 is 0 Å². The Hall–Kier alpha value is -0.370. The van der Waals surface area contributed by atoms with Gasteiger partial charge in [0.25, 0.3) is 0 Å². The highest BCUT2D eigenvalue weighted by molar-refractivity contribution is 9.09. The zero-order chi connectivity index (χ0) is 8.55. The monoisotopic (exact) mass is 228 g/mol. The van der Waals surface area contributed by atoms with Crippen LogP contribution in [0.4, 0.5) is 4.39 Å². The first-order valence-corrected chi connectivity index (χ1v) is 5.09. The standard InChI is InChI=1S/C10H10BrF/c11-10(7-5-6-7)8-3-1-2-4-9(8)12/h1-4,7,10H,5-6H2. The molecule has 0 bridgehead atoms. The van der Waals surface area contributed by atoms with Crippen LogP contribution in [0.25, 0.3) is 0 Å². The maximum absolute atomic E-state index is 13.2. The molecule has 1 aromatic carbocycles. The van der Waals surface area contributed by atoms with Gasteiger partial charge in [0.2, 0.25) is 0 Å². The van der Waals surface area contributed by atoms with Gasteiger partial charge in [0.1, 0.15) is 5.82 Å². The van der Waals surface area contributed by atoms with E-state index in [1.54, 1.807) is 6.07 Å². The Bertz CT molecular complexity index is 281. The third-order valence-electron chi connectivity index (χ3n) is 2.24. The number of alkyl halides is 1. The van der Waals surface area contributed by atoms with Gasteiger partial charge in [-0.25, -0.2) is 4.39 Å². The number of hydrogen-bond donors (Lipinski definition) is 0. The minimum absolute atomic E-state index is 0.0914. The van der Waals surface area contributed by atoms with E-state index in [0.29, 0.717) is 5.92 Å². The second-order valence-corrected chi connectivity index (χ2v) is 4.25. The minimum Gasteiger partial charge on any atom is -0.207 e. The summed E-state index contributed by atoms with van der Waals surface area (Å²) >= 11 is 3.52. The number of benzene rings is 1. The Morgan fingerprint density at radius 3 is 2.58 bits per heavy atom.